The molecule has 1 aliphatic rings. The Labute approximate surface area is 170 Å². The molecule has 0 radical (unpaired) electrons. The number of halogens is 1. The summed E-state index contributed by atoms with van der Waals surface area (Å²) in [4.78, 5) is 26.6. The van der Waals surface area contributed by atoms with Crippen molar-refractivity contribution in [3.63, 3.8) is 0 Å². The Balaban J connectivity index is 1.73. The van der Waals surface area contributed by atoms with Gasteiger partial charge in [0.25, 0.3) is 11.8 Å². The Hall–Kier alpha value is -3.78. The van der Waals surface area contributed by atoms with Crippen LogP contribution in [0.2, 0.25) is 0 Å². The Kier molecular flexibility index (Phi) is 4.69. The number of benzene rings is 2. The first-order valence-corrected chi connectivity index (χ1v) is 8.98. The smallest absolute Gasteiger partial charge is 0.270 e. The topological polar surface area (TPSA) is 74.6 Å². The molecular weight excluding hydrogens is 393 g/mol. The second-order valence-electron chi connectivity index (χ2n) is 6.25. The number of hydrogen-bond donors (Lipinski definition) is 2. The Bertz CT molecular complexity index is 1150. The summed E-state index contributed by atoms with van der Waals surface area (Å²) in [5, 5.41) is 11.9. The van der Waals surface area contributed by atoms with Crippen molar-refractivity contribution in [1.29, 1.82) is 0 Å². The zero-order valence-electron chi connectivity index (χ0n) is 14.9. The molecule has 29 heavy (non-hydrogen) atoms. The van der Waals surface area contributed by atoms with Gasteiger partial charge in [-0.25, -0.2) is 4.39 Å². The van der Waals surface area contributed by atoms with E-state index in [1.807, 2.05) is 0 Å². The summed E-state index contributed by atoms with van der Waals surface area (Å²) in [6, 6.07) is 15.3. The molecule has 1 aromatic heterocycles. The summed E-state index contributed by atoms with van der Waals surface area (Å²) in [5.74, 6) is -1.54. The minimum atomic E-state index is -0.614. The van der Waals surface area contributed by atoms with Gasteiger partial charge in [-0.3, -0.25) is 19.8 Å². The SMILES string of the molecule is O=C1NC(=S)N(c2ccc(F)cc2)C(=O)/C1=C/c1cccn1-c1ccc(O)cc1. The van der Waals surface area contributed by atoms with Crippen molar-refractivity contribution in [2.24, 2.45) is 0 Å². The van der Waals surface area contributed by atoms with Gasteiger partial charge in [-0.15, -0.1) is 0 Å². The van der Waals surface area contributed by atoms with Gasteiger partial charge in [-0.05, 0) is 79.0 Å². The highest BCUT2D eigenvalue weighted by molar-refractivity contribution is 7.80. The van der Waals surface area contributed by atoms with E-state index in [4.69, 9.17) is 12.2 Å². The molecule has 1 saturated heterocycles. The van der Waals surface area contributed by atoms with Crippen LogP contribution in [0.5, 0.6) is 5.75 Å². The van der Waals surface area contributed by atoms with Crippen LogP contribution in [0.1, 0.15) is 5.69 Å². The number of aromatic nitrogens is 1. The number of rotatable bonds is 3. The van der Waals surface area contributed by atoms with Gasteiger partial charge in [0, 0.05) is 17.6 Å². The molecule has 1 aliphatic heterocycles. The third-order valence-corrected chi connectivity index (χ3v) is 4.67. The molecule has 8 heteroatoms. The predicted molar refractivity (Wildman–Crippen MR) is 110 cm³/mol. The Morgan fingerprint density at radius 1 is 0.966 bits per heavy atom. The molecule has 0 saturated carbocycles. The molecule has 4 rings (SSSR count). The summed E-state index contributed by atoms with van der Waals surface area (Å²) in [7, 11) is 0. The summed E-state index contributed by atoms with van der Waals surface area (Å²) < 4.78 is 15.0. The van der Waals surface area contributed by atoms with Gasteiger partial charge in [0.15, 0.2) is 5.11 Å². The van der Waals surface area contributed by atoms with E-state index in [0.717, 1.165) is 10.6 Å². The zero-order chi connectivity index (χ0) is 20.5. The van der Waals surface area contributed by atoms with Crippen LogP contribution in [0.25, 0.3) is 11.8 Å². The maximum absolute atomic E-state index is 13.2. The molecule has 0 atom stereocenters. The highest BCUT2D eigenvalue weighted by Crippen LogP contribution is 2.24. The fourth-order valence-corrected chi connectivity index (χ4v) is 3.27. The van der Waals surface area contributed by atoms with Crippen molar-refractivity contribution in [1.82, 2.24) is 9.88 Å². The van der Waals surface area contributed by atoms with Crippen LogP contribution in [-0.4, -0.2) is 26.6 Å². The summed E-state index contributed by atoms with van der Waals surface area (Å²) >= 11 is 5.13. The number of phenolic OH excluding ortho intramolecular Hbond substituents is 1. The molecule has 0 bridgehead atoms. The van der Waals surface area contributed by atoms with Gasteiger partial charge in [0.05, 0.1) is 5.69 Å². The second-order valence-corrected chi connectivity index (χ2v) is 6.64. The minimum Gasteiger partial charge on any atom is -0.508 e. The number of carbonyl (C=O) groups excluding carboxylic acids is 2. The number of nitrogens with one attached hydrogen (secondary N) is 1. The monoisotopic (exact) mass is 407 g/mol. The molecular formula is C21H14FN3O3S. The molecule has 6 nitrogen and oxygen atoms in total. The molecule has 3 aromatic rings. The van der Waals surface area contributed by atoms with Gasteiger partial charge in [-0.2, -0.15) is 0 Å². The summed E-state index contributed by atoms with van der Waals surface area (Å²) in [6.07, 6.45) is 3.23. The van der Waals surface area contributed by atoms with E-state index in [1.54, 1.807) is 47.2 Å². The molecule has 0 aliphatic carbocycles. The number of carbonyl (C=O) groups is 2. The van der Waals surface area contributed by atoms with Crippen molar-refractivity contribution in [3.05, 3.63) is 83.9 Å². The molecule has 2 aromatic carbocycles. The molecule has 144 valence electrons. The highest BCUT2D eigenvalue weighted by Gasteiger charge is 2.34. The maximum atomic E-state index is 13.2. The first-order valence-electron chi connectivity index (χ1n) is 8.58. The van der Waals surface area contributed by atoms with Gasteiger partial charge >= 0.3 is 0 Å². The largest absolute Gasteiger partial charge is 0.508 e. The maximum Gasteiger partial charge on any atom is 0.270 e. The molecule has 0 spiro atoms. The highest BCUT2D eigenvalue weighted by atomic mass is 32.1. The zero-order valence-corrected chi connectivity index (χ0v) is 15.7. The lowest BCUT2D eigenvalue weighted by atomic mass is 10.1. The third-order valence-electron chi connectivity index (χ3n) is 4.39. The number of thiocarbonyl (C=S) groups is 1. The van der Waals surface area contributed by atoms with Crippen molar-refractivity contribution >= 4 is 40.9 Å². The van der Waals surface area contributed by atoms with Gasteiger partial charge in [0.2, 0.25) is 0 Å². The number of phenols is 1. The number of amides is 2. The van der Waals surface area contributed by atoms with Crippen LogP contribution in [-0.2, 0) is 9.59 Å². The predicted octanol–water partition coefficient (Wildman–Crippen LogP) is 3.15. The van der Waals surface area contributed by atoms with Crippen molar-refractivity contribution < 1.29 is 19.1 Å². The molecule has 2 N–H and O–H groups in total. The van der Waals surface area contributed by atoms with E-state index >= 15 is 0 Å². The Morgan fingerprint density at radius 3 is 2.31 bits per heavy atom. The lowest BCUT2D eigenvalue weighted by Gasteiger charge is -2.28. The standard InChI is InChI=1S/C21H14FN3O3S/c22-13-3-5-15(6-4-13)25-20(28)18(19(27)23-21(25)29)12-16-2-1-11-24(16)14-7-9-17(26)10-8-14/h1-12,26H,(H,23,27,29)/b18-12+. The van der Waals surface area contributed by atoms with Gasteiger partial charge in [0.1, 0.15) is 17.1 Å². The van der Waals surface area contributed by atoms with Crippen molar-refractivity contribution in [3.8, 4) is 11.4 Å². The van der Waals surface area contributed by atoms with Gasteiger partial charge in [-0.1, -0.05) is 0 Å². The molecule has 1 fully saturated rings. The molecule has 2 amide bonds. The van der Waals surface area contributed by atoms with Crippen LogP contribution in [0.15, 0.2) is 72.4 Å². The van der Waals surface area contributed by atoms with Crippen LogP contribution in [0.4, 0.5) is 10.1 Å². The fraction of sp³-hybridized carbons (Fsp3) is 0. The first-order chi connectivity index (χ1) is 13.9. The van der Waals surface area contributed by atoms with E-state index in [2.05, 4.69) is 5.32 Å². The first kappa shape index (κ1) is 18.6. The Morgan fingerprint density at radius 2 is 1.62 bits per heavy atom. The molecule has 2 heterocycles. The van der Waals surface area contributed by atoms with Crippen LogP contribution in [0.3, 0.4) is 0 Å². The quantitative estimate of drug-likeness (QED) is 0.397. The lowest BCUT2D eigenvalue weighted by molar-refractivity contribution is -0.122. The van der Waals surface area contributed by atoms with E-state index < -0.39 is 17.6 Å². The van der Waals surface area contributed by atoms with Crippen molar-refractivity contribution in [2.45, 2.75) is 0 Å². The third kappa shape index (κ3) is 3.53. The van der Waals surface area contributed by atoms with Crippen LogP contribution in [0, 0.1) is 5.82 Å². The minimum absolute atomic E-state index is 0.0716. The van der Waals surface area contributed by atoms with E-state index in [-0.39, 0.29) is 16.4 Å². The van der Waals surface area contributed by atoms with Crippen LogP contribution < -0.4 is 10.2 Å². The van der Waals surface area contributed by atoms with Crippen molar-refractivity contribution in [2.75, 3.05) is 4.90 Å². The van der Waals surface area contributed by atoms with E-state index in [0.29, 0.717) is 11.4 Å². The number of nitrogens with zero attached hydrogens (tertiary/aromatic N) is 2. The average molecular weight is 407 g/mol. The average Bonchev–Trinajstić information content (AvgIpc) is 3.15. The van der Waals surface area contributed by atoms with Gasteiger partial charge < -0.3 is 9.67 Å². The summed E-state index contributed by atoms with van der Waals surface area (Å²) in [5.41, 5.74) is 1.57. The number of aromatic hydroxyl groups is 1. The molecule has 0 unspecified atom stereocenters. The van der Waals surface area contributed by atoms with E-state index in [9.17, 15) is 19.1 Å². The second kappa shape index (κ2) is 7.33. The number of anilines is 1. The normalized spacial score (nSPS) is 15.7. The van der Waals surface area contributed by atoms with Crippen LogP contribution >= 0.6 is 12.2 Å². The van der Waals surface area contributed by atoms with E-state index in [1.165, 1.54) is 30.3 Å². The summed E-state index contributed by atoms with van der Waals surface area (Å²) in [6.45, 7) is 0. The number of hydrogen-bond acceptors (Lipinski definition) is 4. The lowest BCUT2D eigenvalue weighted by Crippen LogP contribution is -2.54. The fourth-order valence-electron chi connectivity index (χ4n) is 2.99.